The molecule has 0 fully saturated rings. The van der Waals surface area contributed by atoms with Crippen molar-refractivity contribution in [2.45, 2.75) is 103 Å². The van der Waals surface area contributed by atoms with Crippen LogP contribution in [0.1, 0.15) is 115 Å². The highest BCUT2D eigenvalue weighted by atomic mass is 15.2. The van der Waals surface area contributed by atoms with Crippen molar-refractivity contribution in [3.05, 3.63) is 319 Å². The first-order valence-electron chi connectivity index (χ1n) is 32.7. The second kappa shape index (κ2) is 25.3. The van der Waals surface area contributed by atoms with Crippen LogP contribution in [0, 0.1) is 11.8 Å². The molecule has 0 spiro atoms. The summed E-state index contributed by atoms with van der Waals surface area (Å²) in [5.74, 6) is 1.89. The molecule has 11 aromatic rings. The molecule has 0 amide bonds. The van der Waals surface area contributed by atoms with Gasteiger partial charge < -0.3 is 14.7 Å². The van der Waals surface area contributed by atoms with Crippen molar-refractivity contribution in [1.29, 1.82) is 0 Å². The lowest BCUT2D eigenvalue weighted by molar-refractivity contribution is 0.281. The fourth-order valence-electron chi connectivity index (χ4n) is 15.5. The van der Waals surface area contributed by atoms with E-state index >= 15 is 0 Å². The van der Waals surface area contributed by atoms with Crippen LogP contribution in [-0.4, -0.2) is 0 Å². The molecular weight excluding hydrogens is 1070 g/mol. The standard InChI is InChI=1S/C86H83N3/c1-8-85(9-2,69-27-17-12-18-28-69)89(76-35-25-16-26-36-76)77-55-47-68(48-56-77)79-58-57-78(83-81-60-80(61(5)6)82(84(79)83)59-62(81)7)67-45-53-73(54-46-67)87(71-29-19-13-20-30-71)72-51-43-66(44-52-72)64-39-37-63(38-40-64)65-41-49-70(50-42-65)86(10-3,11-4)88(74-31-21-14-22-32-74)75-33-23-15-24-34-75/h12-59,61,80-82H,8-11,60H2,1-7H3. The van der Waals surface area contributed by atoms with Gasteiger partial charge in [-0.05, 0) is 203 Å². The van der Waals surface area contributed by atoms with E-state index in [-0.39, 0.29) is 11.1 Å². The zero-order valence-electron chi connectivity index (χ0n) is 52.9. The van der Waals surface area contributed by atoms with Gasteiger partial charge in [0.05, 0.1) is 11.1 Å². The number of hydrogen-bond acceptors (Lipinski definition) is 3. The van der Waals surface area contributed by atoms with Crippen LogP contribution in [0.15, 0.2) is 297 Å². The maximum atomic E-state index is 2.63. The van der Waals surface area contributed by atoms with E-state index in [1.54, 1.807) is 0 Å². The van der Waals surface area contributed by atoms with Crippen molar-refractivity contribution < 1.29 is 0 Å². The second-order valence-corrected chi connectivity index (χ2v) is 25.1. The van der Waals surface area contributed by atoms with Gasteiger partial charge in [-0.1, -0.05) is 253 Å². The number of anilines is 7. The summed E-state index contributed by atoms with van der Waals surface area (Å²) in [4.78, 5) is 7.53. The van der Waals surface area contributed by atoms with Crippen LogP contribution in [0.4, 0.5) is 39.8 Å². The van der Waals surface area contributed by atoms with E-state index in [0.29, 0.717) is 23.7 Å². The Morgan fingerprint density at radius 3 is 1.03 bits per heavy atom. The maximum Gasteiger partial charge on any atom is 0.0697 e. The summed E-state index contributed by atoms with van der Waals surface area (Å²) >= 11 is 0. The Labute approximate surface area is 530 Å². The largest absolute Gasteiger partial charge is 0.331 e. The van der Waals surface area contributed by atoms with E-state index in [9.17, 15) is 0 Å². The lowest BCUT2D eigenvalue weighted by atomic mass is 9.58. The third kappa shape index (κ3) is 10.9. The molecule has 89 heavy (non-hydrogen) atoms. The molecular formula is C86H83N3. The predicted octanol–water partition coefficient (Wildman–Crippen LogP) is 24.3. The Morgan fingerprint density at radius 2 is 0.640 bits per heavy atom. The van der Waals surface area contributed by atoms with Crippen LogP contribution < -0.4 is 14.7 Å². The van der Waals surface area contributed by atoms with Crippen molar-refractivity contribution in [2.24, 2.45) is 11.8 Å². The molecule has 3 aliphatic rings. The summed E-state index contributed by atoms with van der Waals surface area (Å²) in [6.07, 6.45) is 7.70. The Balaban J connectivity index is 0.788. The van der Waals surface area contributed by atoms with Gasteiger partial charge in [-0.2, -0.15) is 0 Å². The number of para-hydroxylation sites is 4. The van der Waals surface area contributed by atoms with Gasteiger partial charge in [-0.15, -0.1) is 0 Å². The highest BCUT2D eigenvalue weighted by Crippen LogP contribution is 2.59. The van der Waals surface area contributed by atoms with Gasteiger partial charge in [-0.3, -0.25) is 0 Å². The van der Waals surface area contributed by atoms with Crippen molar-refractivity contribution in [2.75, 3.05) is 14.7 Å². The minimum absolute atomic E-state index is 0.214. The summed E-state index contributed by atoms with van der Waals surface area (Å²) in [7, 11) is 0. The van der Waals surface area contributed by atoms with Crippen LogP contribution in [0.5, 0.6) is 0 Å². The maximum absolute atomic E-state index is 2.63. The number of nitrogens with zero attached hydrogens (tertiary/aromatic N) is 3. The molecule has 3 heteroatoms. The van der Waals surface area contributed by atoms with E-state index in [2.05, 4.69) is 354 Å². The molecule has 3 unspecified atom stereocenters. The molecule has 0 radical (unpaired) electrons. The molecule has 11 aromatic carbocycles. The highest BCUT2D eigenvalue weighted by Gasteiger charge is 2.44. The summed E-state index contributed by atoms with van der Waals surface area (Å²) < 4.78 is 0. The quantitative estimate of drug-likeness (QED) is 0.0704. The average molecular weight is 1160 g/mol. The fraction of sp³-hybridized carbons (Fsp3) is 0.209. The zero-order chi connectivity index (χ0) is 61.1. The molecule has 0 saturated carbocycles. The monoisotopic (exact) mass is 1160 g/mol. The summed E-state index contributed by atoms with van der Waals surface area (Å²) in [5, 5.41) is 0. The van der Waals surface area contributed by atoms with Crippen molar-refractivity contribution in [1.82, 2.24) is 0 Å². The van der Waals surface area contributed by atoms with E-state index < -0.39 is 0 Å². The van der Waals surface area contributed by atoms with E-state index in [1.165, 1.54) is 102 Å². The molecule has 0 saturated heterocycles. The molecule has 0 heterocycles. The summed E-state index contributed by atoms with van der Waals surface area (Å²) in [5.41, 5.74) is 25.0. The third-order valence-electron chi connectivity index (χ3n) is 20.3. The first-order valence-corrected chi connectivity index (χ1v) is 32.7. The smallest absolute Gasteiger partial charge is 0.0697 e. The molecule has 3 atom stereocenters. The van der Waals surface area contributed by atoms with E-state index in [4.69, 9.17) is 0 Å². The first-order chi connectivity index (χ1) is 43.7. The molecule has 2 bridgehead atoms. The normalized spacial score (nSPS) is 15.3. The SMILES string of the molecule is CCC(CC)(c1ccccc1)N(c1ccccc1)c1ccc(-c2ccc(-c3ccc(N(c4ccccc4)c4ccc(-c5ccc(-c6ccc(C(CC)(CC)N(c7ccccc7)c7ccccc7)cc6)cc5)cc4)cc3)c3c2C2C=C(C)C3CC2C(C)C)cc1. The lowest BCUT2D eigenvalue weighted by Gasteiger charge is -2.46. The summed E-state index contributed by atoms with van der Waals surface area (Å²) in [6.45, 7) is 16.6. The molecule has 0 N–H and O–H groups in total. The molecule has 0 aliphatic heterocycles. The van der Waals surface area contributed by atoms with Crippen LogP contribution in [0.2, 0.25) is 0 Å². The van der Waals surface area contributed by atoms with Gasteiger partial charge in [0.15, 0.2) is 0 Å². The van der Waals surface area contributed by atoms with Gasteiger partial charge in [0, 0.05) is 51.6 Å². The van der Waals surface area contributed by atoms with Gasteiger partial charge >= 0.3 is 0 Å². The van der Waals surface area contributed by atoms with Crippen LogP contribution in [0.3, 0.4) is 0 Å². The highest BCUT2D eigenvalue weighted by molar-refractivity contribution is 5.85. The van der Waals surface area contributed by atoms with Crippen molar-refractivity contribution in [3.8, 4) is 44.5 Å². The Hall–Kier alpha value is -9.44. The number of benzene rings is 11. The predicted molar refractivity (Wildman–Crippen MR) is 380 cm³/mol. The number of rotatable bonds is 20. The second-order valence-electron chi connectivity index (χ2n) is 25.1. The molecule has 3 aliphatic carbocycles. The number of allylic oxidation sites excluding steroid dienone is 2. The van der Waals surface area contributed by atoms with Crippen molar-refractivity contribution >= 4 is 39.8 Å². The first kappa shape index (κ1) is 58.6. The Bertz CT molecular complexity index is 4110. The van der Waals surface area contributed by atoms with Gasteiger partial charge in [0.2, 0.25) is 0 Å². The fourth-order valence-corrected chi connectivity index (χ4v) is 15.5. The van der Waals surface area contributed by atoms with Gasteiger partial charge in [-0.25, -0.2) is 0 Å². The molecule has 14 rings (SSSR count). The minimum Gasteiger partial charge on any atom is -0.331 e. The van der Waals surface area contributed by atoms with Crippen LogP contribution >= 0.6 is 0 Å². The topological polar surface area (TPSA) is 9.72 Å². The van der Waals surface area contributed by atoms with Crippen LogP contribution in [-0.2, 0) is 11.1 Å². The number of hydrogen-bond donors (Lipinski definition) is 0. The van der Waals surface area contributed by atoms with Gasteiger partial charge in [0.1, 0.15) is 0 Å². The minimum atomic E-state index is -0.219. The van der Waals surface area contributed by atoms with Gasteiger partial charge in [0.25, 0.3) is 0 Å². The van der Waals surface area contributed by atoms with E-state index in [0.717, 1.165) is 42.7 Å². The Kier molecular flexibility index (Phi) is 16.7. The zero-order valence-corrected chi connectivity index (χ0v) is 52.9. The molecule has 442 valence electrons. The van der Waals surface area contributed by atoms with E-state index in [1.807, 2.05) is 0 Å². The molecule has 3 nitrogen and oxygen atoms in total. The molecule has 0 aromatic heterocycles. The third-order valence-corrected chi connectivity index (χ3v) is 20.3. The summed E-state index contributed by atoms with van der Waals surface area (Å²) in [6, 6.07) is 106. The Morgan fingerprint density at radius 1 is 0.337 bits per heavy atom. The lowest BCUT2D eigenvalue weighted by Crippen LogP contribution is -2.42. The average Bonchev–Trinajstić information content (AvgIpc) is 0.761. The van der Waals surface area contributed by atoms with Crippen LogP contribution in [0.25, 0.3) is 44.5 Å². The van der Waals surface area contributed by atoms with Crippen molar-refractivity contribution in [3.63, 3.8) is 0 Å². The number of fused-ring (bicyclic) bond motifs is 1.